The Balaban J connectivity index is 1.77. The van der Waals surface area contributed by atoms with E-state index in [-0.39, 0.29) is 0 Å². The fraction of sp³-hybridized carbons (Fsp3) is 0.875. The summed E-state index contributed by atoms with van der Waals surface area (Å²) in [6.45, 7) is 3.65. The van der Waals surface area contributed by atoms with Crippen LogP contribution in [-0.4, -0.2) is 38.3 Å². The van der Waals surface area contributed by atoms with Crippen LogP contribution in [0.4, 0.5) is 0 Å². The number of nitrogens with zero attached hydrogens (tertiary/aromatic N) is 1. The zero-order valence-corrected chi connectivity index (χ0v) is 7.18. The van der Waals surface area contributed by atoms with Gasteiger partial charge >= 0.3 is 0 Å². The molecule has 2 N–H and O–H groups in total. The van der Waals surface area contributed by atoms with E-state index in [1.165, 1.54) is 0 Å². The summed E-state index contributed by atoms with van der Waals surface area (Å²) in [6.07, 6.45) is 2.20. The van der Waals surface area contributed by atoms with Crippen molar-refractivity contribution >= 4 is 5.96 Å². The van der Waals surface area contributed by atoms with Gasteiger partial charge < -0.3 is 15.4 Å². The first kappa shape index (κ1) is 7.86. The molecule has 1 fully saturated rings. The minimum Gasteiger partial charge on any atom is -0.381 e. The van der Waals surface area contributed by atoms with Gasteiger partial charge in [-0.2, -0.15) is 0 Å². The van der Waals surface area contributed by atoms with E-state index >= 15 is 0 Å². The molecule has 0 atom stereocenters. The van der Waals surface area contributed by atoms with Gasteiger partial charge in [-0.1, -0.05) is 0 Å². The summed E-state index contributed by atoms with van der Waals surface area (Å²) in [6, 6.07) is 0.558. The maximum atomic E-state index is 5.26. The van der Waals surface area contributed by atoms with Crippen molar-refractivity contribution in [2.24, 2.45) is 4.99 Å². The molecule has 0 saturated carbocycles. The maximum absolute atomic E-state index is 5.26. The molecule has 0 unspecified atom stereocenters. The standard InChI is InChI=1S/C8H15N3O/c1-5-12-6-2-7(1)11-8-9-3-4-10-8/h7H,1-6H2,(H2,9,10,11). The maximum Gasteiger partial charge on any atom is 0.191 e. The summed E-state index contributed by atoms with van der Waals surface area (Å²) in [4.78, 5) is 4.28. The molecule has 12 heavy (non-hydrogen) atoms. The molecule has 2 aliphatic heterocycles. The first-order valence-corrected chi connectivity index (χ1v) is 4.58. The number of hydrogen-bond acceptors (Lipinski definition) is 4. The Morgan fingerprint density at radius 1 is 1.42 bits per heavy atom. The highest BCUT2D eigenvalue weighted by molar-refractivity contribution is 5.81. The Labute approximate surface area is 72.4 Å². The minimum absolute atomic E-state index is 0.558. The van der Waals surface area contributed by atoms with Crippen LogP contribution in [0.3, 0.4) is 0 Å². The van der Waals surface area contributed by atoms with Gasteiger partial charge in [-0.25, -0.2) is 0 Å². The zero-order chi connectivity index (χ0) is 8.23. The summed E-state index contributed by atoms with van der Waals surface area (Å²) in [5, 5.41) is 6.58. The van der Waals surface area contributed by atoms with E-state index in [2.05, 4.69) is 15.6 Å². The van der Waals surface area contributed by atoms with E-state index in [1.807, 2.05) is 0 Å². The smallest absolute Gasteiger partial charge is 0.191 e. The molecule has 0 aromatic rings. The third kappa shape index (κ3) is 1.88. The summed E-state index contributed by atoms with van der Waals surface area (Å²) >= 11 is 0. The Morgan fingerprint density at radius 2 is 2.25 bits per heavy atom. The van der Waals surface area contributed by atoms with Crippen molar-refractivity contribution in [1.82, 2.24) is 10.6 Å². The van der Waals surface area contributed by atoms with E-state index in [0.29, 0.717) is 6.04 Å². The summed E-state index contributed by atoms with van der Waals surface area (Å²) in [5.41, 5.74) is 0. The van der Waals surface area contributed by atoms with Crippen LogP contribution in [0.2, 0.25) is 0 Å². The van der Waals surface area contributed by atoms with Gasteiger partial charge in [-0.3, -0.25) is 4.99 Å². The lowest BCUT2D eigenvalue weighted by atomic mass is 10.1. The normalized spacial score (nSPS) is 24.8. The predicted octanol–water partition coefficient (Wildman–Crippen LogP) is -0.286. The number of rotatable bonds is 1. The molecule has 0 bridgehead atoms. The van der Waals surface area contributed by atoms with Crippen molar-refractivity contribution in [2.45, 2.75) is 18.9 Å². The Hall–Kier alpha value is -0.770. The molecule has 1 saturated heterocycles. The molecule has 0 aromatic carbocycles. The minimum atomic E-state index is 0.558. The van der Waals surface area contributed by atoms with Crippen molar-refractivity contribution in [1.29, 1.82) is 0 Å². The Morgan fingerprint density at radius 3 is 2.92 bits per heavy atom. The first-order valence-electron chi connectivity index (χ1n) is 4.58. The van der Waals surface area contributed by atoms with E-state index in [4.69, 9.17) is 4.74 Å². The zero-order valence-electron chi connectivity index (χ0n) is 7.18. The SMILES string of the molecule is C1CNC(NC2CCOCC2)=N1. The van der Waals surface area contributed by atoms with Crippen molar-refractivity contribution in [3.63, 3.8) is 0 Å². The predicted molar refractivity (Wildman–Crippen MR) is 47.3 cm³/mol. The second-order valence-electron chi connectivity index (χ2n) is 3.19. The average Bonchev–Trinajstić information content (AvgIpc) is 2.59. The van der Waals surface area contributed by atoms with Crippen LogP contribution in [0, 0.1) is 0 Å². The van der Waals surface area contributed by atoms with E-state index in [0.717, 1.165) is 45.1 Å². The third-order valence-electron chi connectivity index (χ3n) is 2.24. The number of nitrogens with one attached hydrogen (secondary N) is 2. The lowest BCUT2D eigenvalue weighted by Gasteiger charge is -2.23. The van der Waals surface area contributed by atoms with Crippen LogP contribution in [0.1, 0.15) is 12.8 Å². The molecule has 0 radical (unpaired) electrons. The molecule has 0 aromatic heterocycles. The molecular formula is C8H15N3O. The van der Waals surface area contributed by atoms with Crippen molar-refractivity contribution < 1.29 is 4.74 Å². The van der Waals surface area contributed by atoms with Gasteiger partial charge in [-0.05, 0) is 12.8 Å². The van der Waals surface area contributed by atoms with Crippen LogP contribution in [-0.2, 0) is 4.74 Å². The second kappa shape index (κ2) is 3.76. The van der Waals surface area contributed by atoms with E-state index in [9.17, 15) is 0 Å². The average molecular weight is 169 g/mol. The van der Waals surface area contributed by atoms with E-state index < -0.39 is 0 Å². The number of aliphatic imine (C=N–C) groups is 1. The fourth-order valence-corrected chi connectivity index (χ4v) is 1.53. The van der Waals surface area contributed by atoms with Crippen molar-refractivity contribution in [3.05, 3.63) is 0 Å². The Bertz CT molecular complexity index is 175. The lowest BCUT2D eigenvalue weighted by Crippen LogP contribution is -2.43. The van der Waals surface area contributed by atoms with Gasteiger partial charge in [0.1, 0.15) is 0 Å². The van der Waals surface area contributed by atoms with Crippen LogP contribution in [0.5, 0.6) is 0 Å². The van der Waals surface area contributed by atoms with Gasteiger partial charge in [0.25, 0.3) is 0 Å². The number of hydrogen-bond donors (Lipinski definition) is 2. The van der Waals surface area contributed by atoms with Gasteiger partial charge in [0.05, 0.1) is 6.54 Å². The van der Waals surface area contributed by atoms with Gasteiger partial charge in [0.2, 0.25) is 0 Å². The quantitative estimate of drug-likeness (QED) is 0.567. The summed E-state index contributed by atoms with van der Waals surface area (Å²) in [7, 11) is 0. The largest absolute Gasteiger partial charge is 0.381 e. The van der Waals surface area contributed by atoms with Gasteiger partial charge in [0.15, 0.2) is 5.96 Å². The van der Waals surface area contributed by atoms with Crippen molar-refractivity contribution in [3.8, 4) is 0 Å². The topological polar surface area (TPSA) is 45.6 Å². The highest BCUT2D eigenvalue weighted by Gasteiger charge is 2.15. The molecule has 2 rings (SSSR count). The Kier molecular flexibility index (Phi) is 2.46. The van der Waals surface area contributed by atoms with E-state index in [1.54, 1.807) is 0 Å². The van der Waals surface area contributed by atoms with Crippen molar-refractivity contribution in [2.75, 3.05) is 26.3 Å². The van der Waals surface area contributed by atoms with Gasteiger partial charge in [-0.15, -0.1) is 0 Å². The number of guanidine groups is 1. The number of ether oxygens (including phenoxy) is 1. The molecule has 4 heteroatoms. The molecule has 0 amide bonds. The van der Waals surface area contributed by atoms with Gasteiger partial charge in [0, 0.05) is 25.8 Å². The molecular weight excluding hydrogens is 154 g/mol. The highest BCUT2D eigenvalue weighted by atomic mass is 16.5. The van der Waals surface area contributed by atoms with Crippen LogP contribution in [0.25, 0.3) is 0 Å². The molecule has 0 spiro atoms. The van der Waals surface area contributed by atoms with Crippen LogP contribution >= 0.6 is 0 Å². The third-order valence-corrected chi connectivity index (χ3v) is 2.24. The summed E-state index contributed by atoms with van der Waals surface area (Å²) < 4.78 is 5.26. The van der Waals surface area contributed by atoms with Crippen LogP contribution < -0.4 is 10.6 Å². The first-order chi connectivity index (χ1) is 5.95. The molecule has 2 aliphatic rings. The molecule has 68 valence electrons. The summed E-state index contributed by atoms with van der Waals surface area (Å²) in [5.74, 6) is 0.974. The lowest BCUT2D eigenvalue weighted by molar-refractivity contribution is 0.0823. The fourth-order valence-electron chi connectivity index (χ4n) is 1.53. The van der Waals surface area contributed by atoms with Crippen LogP contribution in [0.15, 0.2) is 4.99 Å². The molecule has 4 nitrogen and oxygen atoms in total. The second-order valence-corrected chi connectivity index (χ2v) is 3.19. The molecule has 0 aliphatic carbocycles. The molecule has 2 heterocycles. The highest BCUT2D eigenvalue weighted by Crippen LogP contribution is 2.05. The monoisotopic (exact) mass is 169 g/mol.